The minimum atomic E-state index is -0.369. The van der Waals surface area contributed by atoms with Gasteiger partial charge in [0.15, 0.2) is 0 Å². The summed E-state index contributed by atoms with van der Waals surface area (Å²) >= 11 is 0. The summed E-state index contributed by atoms with van der Waals surface area (Å²) < 4.78 is 15.3. The van der Waals surface area contributed by atoms with E-state index in [0.717, 1.165) is 23.5 Å². The van der Waals surface area contributed by atoms with Crippen LogP contribution >= 0.6 is 0 Å². The minimum absolute atomic E-state index is 0.339. The van der Waals surface area contributed by atoms with Crippen LogP contribution in [-0.2, 0) is 13.1 Å². The quantitative estimate of drug-likeness (QED) is 0.910. The smallest absolute Gasteiger partial charge is 0.319 e. The van der Waals surface area contributed by atoms with Gasteiger partial charge in [0.25, 0.3) is 0 Å². The van der Waals surface area contributed by atoms with Gasteiger partial charge in [-0.3, -0.25) is 4.68 Å². The van der Waals surface area contributed by atoms with Crippen molar-refractivity contribution >= 4 is 11.7 Å². The molecule has 22 heavy (non-hydrogen) atoms. The summed E-state index contributed by atoms with van der Waals surface area (Å²) in [6, 6.07) is 4.24. The van der Waals surface area contributed by atoms with Crippen LogP contribution in [0.5, 0.6) is 0 Å². The number of nitrogens with zero attached hydrogens (tertiary/aromatic N) is 2. The molecule has 0 saturated heterocycles. The highest BCUT2D eigenvalue weighted by Gasteiger charge is 2.11. The highest BCUT2D eigenvalue weighted by molar-refractivity contribution is 5.89. The Balaban J connectivity index is 1.98. The lowest BCUT2D eigenvalue weighted by Gasteiger charge is -2.09. The third-order valence-electron chi connectivity index (χ3n) is 3.69. The van der Waals surface area contributed by atoms with Crippen LogP contribution < -0.4 is 10.6 Å². The normalized spacial score (nSPS) is 10.6. The Labute approximate surface area is 129 Å². The fourth-order valence-corrected chi connectivity index (χ4v) is 2.31. The molecular formula is C16H21FN4O. The third kappa shape index (κ3) is 3.44. The topological polar surface area (TPSA) is 59.0 Å². The molecule has 118 valence electrons. The molecule has 2 N–H and O–H groups in total. The van der Waals surface area contributed by atoms with Gasteiger partial charge in [-0.2, -0.15) is 5.10 Å². The molecule has 1 heterocycles. The molecule has 0 saturated carbocycles. The van der Waals surface area contributed by atoms with E-state index >= 15 is 0 Å². The summed E-state index contributed by atoms with van der Waals surface area (Å²) in [5.74, 6) is -0.339. The molecular weight excluding hydrogens is 283 g/mol. The number of carbonyl (C=O) groups is 1. The van der Waals surface area contributed by atoms with E-state index in [4.69, 9.17) is 0 Å². The largest absolute Gasteiger partial charge is 0.334 e. The molecule has 0 bridgehead atoms. The molecule has 0 atom stereocenters. The molecule has 0 fully saturated rings. The number of halogens is 1. The maximum Gasteiger partial charge on any atom is 0.319 e. The van der Waals surface area contributed by atoms with E-state index in [1.165, 1.54) is 6.07 Å². The second-order valence-electron chi connectivity index (χ2n) is 5.24. The number of amides is 2. The lowest BCUT2D eigenvalue weighted by Crippen LogP contribution is -2.28. The van der Waals surface area contributed by atoms with Crippen molar-refractivity contribution in [1.29, 1.82) is 0 Å². The molecule has 0 spiro atoms. The molecule has 2 aromatic rings. The molecule has 0 aliphatic heterocycles. The first-order chi connectivity index (χ1) is 10.4. The Morgan fingerprint density at radius 1 is 1.32 bits per heavy atom. The van der Waals surface area contributed by atoms with Crippen LogP contribution in [0, 0.1) is 26.6 Å². The van der Waals surface area contributed by atoms with Gasteiger partial charge in [-0.25, -0.2) is 9.18 Å². The Morgan fingerprint density at radius 3 is 2.64 bits per heavy atom. The van der Waals surface area contributed by atoms with Crippen LogP contribution in [0.3, 0.4) is 0 Å². The van der Waals surface area contributed by atoms with Gasteiger partial charge in [0.2, 0.25) is 0 Å². The number of nitrogens with one attached hydrogen (secondary N) is 2. The van der Waals surface area contributed by atoms with Crippen molar-refractivity contribution in [2.45, 2.75) is 40.8 Å². The highest BCUT2D eigenvalue weighted by Crippen LogP contribution is 2.14. The van der Waals surface area contributed by atoms with Gasteiger partial charge in [0, 0.05) is 30.0 Å². The molecule has 0 aliphatic carbocycles. The number of anilines is 1. The van der Waals surface area contributed by atoms with E-state index in [1.54, 1.807) is 19.1 Å². The zero-order valence-corrected chi connectivity index (χ0v) is 13.3. The van der Waals surface area contributed by atoms with Gasteiger partial charge in [-0.15, -0.1) is 0 Å². The lowest BCUT2D eigenvalue weighted by molar-refractivity contribution is 0.251. The summed E-state index contributed by atoms with van der Waals surface area (Å²) in [6.45, 7) is 8.78. The first-order valence-electron chi connectivity index (χ1n) is 7.26. The van der Waals surface area contributed by atoms with Crippen molar-refractivity contribution in [1.82, 2.24) is 15.1 Å². The van der Waals surface area contributed by atoms with E-state index in [-0.39, 0.29) is 11.8 Å². The zero-order chi connectivity index (χ0) is 16.3. The molecule has 0 aliphatic rings. The van der Waals surface area contributed by atoms with Crippen molar-refractivity contribution < 1.29 is 9.18 Å². The van der Waals surface area contributed by atoms with E-state index < -0.39 is 0 Å². The SMILES string of the molecule is CCn1nc(C)c(CNC(=O)Nc2ccc(C)c(F)c2)c1C. The molecule has 0 unspecified atom stereocenters. The Bertz CT molecular complexity index is 694. The first kappa shape index (κ1) is 16.0. The summed E-state index contributed by atoms with van der Waals surface area (Å²) in [4.78, 5) is 11.9. The number of benzene rings is 1. The van der Waals surface area contributed by atoms with Crippen LogP contribution in [0.1, 0.15) is 29.4 Å². The summed E-state index contributed by atoms with van der Waals surface area (Å²) in [5, 5.41) is 9.80. The van der Waals surface area contributed by atoms with Crippen LogP contribution in [-0.4, -0.2) is 15.8 Å². The molecule has 1 aromatic carbocycles. The second kappa shape index (κ2) is 6.60. The van der Waals surface area contributed by atoms with Crippen LogP contribution in [0.4, 0.5) is 14.9 Å². The number of aryl methyl sites for hydroxylation is 3. The maximum absolute atomic E-state index is 13.4. The summed E-state index contributed by atoms with van der Waals surface area (Å²) in [5.41, 5.74) is 3.93. The average Bonchev–Trinajstić information content (AvgIpc) is 2.75. The minimum Gasteiger partial charge on any atom is -0.334 e. The lowest BCUT2D eigenvalue weighted by atomic mass is 10.2. The summed E-state index contributed by atoms with van der Waals surface area (Å²) in [7, 11) is 0. The number of carbonyl (C=O) groups excluding carboxylic acids is 1. The Hall–Kier alpha value is -2.37. The van der Waals surface area contributed by atoms with Crippen LogP contribution in [0.15, 0.2) is 18.2 Å². The first-order valence-corrected chi connectivity index (χ1v) is 7.26. The Morgan fingerprint density at radius 2 is 2.05 bits per heavy atom. The summed E-state index contributed by atoms with van der Waals surface area (Å²) in [6.07, 6.45) is 0. The van der Waals surface area contributed by atoms with Gasteiger partial charge in [-0.05, 0) is 45.4 Å². The van der Waals surface area contributed by atoms with Crippen molar-refractivity contribution in [3.63, 3.8) is 0 Å². The molecule has 6 heteroatoms. The predicted molar refractivity (Wildman–Crippen MR) is 84.4 cm³/mol. The van der Waals surface area contributed by atoms with Crippen molar-refractivity contribution in [2.24, 2.45) is 0 Å². The van der Waals surface area contributed by atoms with Crippen molar-refractivity contribution in [2.75, 3.05) is 5.32 Å². The molecule has 5 nitrogen and oxygen atoms in total. The molecule has 2 rings (SSSR count). The number of rotatable bonds is 4. The number of aromatic nitrogens is 2. The van der Waals surface area contributed by atoms with E-state index in [9.17, 15) is 9.18 Å². The number of hydrogen-bond acceptors (Lipinski definition) is 2. The average molecular weight is 304 g/mol. The van der Waals surface area contributed by atoms with E-state index in [1.807, 2.05) is 25.5 Å². The van der Waals surface area contributed by atoms with Gasteiger partial charge in [0.05, 0.1) is 5.69 Å². The van der Waals surface area contributed by atoms with Gasteiger partial charge < -0.3 is 10.6 Å². The van der Waals surface area contributed by atoms with Crippen LogP contribution in [0.2, 0.25) is 0 Å². The van der Waals surface area contributed by atoms with Gasteiger partial charge in [-0.1, -0.05) is 6.07 Å². The van der Waals surface area contributed by atoms with E-state index in [2.05, 4.69) is 15.7 Å². The highest BCUT2D eigenvalue weighted by atomic mass is 19.1. The number of urea groups is 1. The standard InChI is InChI=1S/C16H21FN4O/c1-5-21-12(4)14(11(3)20-21)9-18-16(22)19-13-7-6-10(2)15(17)8-13/h6-8H,5,9H2,1-4H3,(H2,18,19,22). The van der Waals surface area contributed by atoms with Gasteiger partial charge >= 0.3 is 6.03 Å². The maximum atomic E-state index is 13.4. The molecule has 2 amide bonds. The van der Waals surface area contributed by atoms with Crippen molar-refractivity contribution in [3.8, 4) is 0 Å². The fourth-order valence-electron chi connectivity index (χ4n) is 2.31. The van der Waals surface area contributed by atoms with Crippen molar-refractivity contribution in [3.05, 3.63) is 46.5 Å². The zero-order valence-electron chi connectivity index (χ0n) is 13.3. The monoisotopic (exact) mass is 304 g/mol. The molecule has 0 radical (unpaired) electrons. The fraction of sp³-hybridized carbons (Fsp3) is 0.375. The third-order valence-corrected chi connectivity index (χ3v) is 3.69. The van der Waals surface area contributed by atoms with Crippen LogP contribution in [0.25, 0.3) is 0 Å². The molecule has 1 aromatic heterocycles. The predicted octanol–water partition coefficient (Wildman–Crippen LogP) is 3.29. The number of hydrogen-bond donors (Lipinski definition) is 2. The second-order valence-corrected chi connectivity index (χ2v) is 5.24. The van der Waals surface area contributed by atoms with Gasteiger partial charge in [0.1, 0.15) is 5.82 Å². The van der Waals surface area contributed by atoms with E-state index in [0.29, 0.717) is 17.8 Å². The Kier molecular flexibility index (Phi) is 4.80.